The minimum absolute atomic E-state index is 0.0495. The zero-order valence-corrected chi connectivity index (χ0v) is 31.5. The van der Waals surface area contributed by atoms with Gasteiger partial charge >= 0.3 is 18.0 Å². The van der Waals surface area contributed by atoms with Gasteiger partial charge in [-0.3, -0.25) is 24.1 Å². The largest absolute Gasteiger partial charge is 0.478 e. The number of rotatable bonds is 11. The lowest BCUT2D eigenvalue weighted by molar-refractivity contribution is -0.137. The monoisotopic (exact) mass is 756 g/mol. The van der Waals surface area contributed by atoms with Crippen molar-refractivity contribution in [1.82, 2.24) is 10.2 Å². The van der Waals surface area contributed by atoms with Gasteiger partial charge < -0.3 is 24.9 Å². The molecule has 0 fully saturated rings. The molecule has 0 atom stereocenters. The number of carboxylic acids is 1. The van der Waals surface area contributed by atoms with Crippen molar-refractivity contribution in [3.8, 4) is 28.2 Å². The van der Waals surface area contributed by atoms with Crippen LogP contribution in [-0.2, 0) is 24.6 Å². The minimum atomic E-state index is -1.12. The lowest BCUT2D eigenvalue weighted by atomic mass is 9.78. The highest BCUT2D eigenvalue weighted by molar-refractivity contribution is 6.13. The number of hydrogen-bond acceptors (Lipinski definition) is 8. The van der Waals surface area contributed by atoms with E-state index in [-0.39, 0.29) is 36.3 Å². The molecule has 3 aliphatic rings. The van der Waals surface area contributed by atoms with Gasteiger partial charge in [0.05, 0.1) is 10.9 Å². The average Bonchev–Trinajstić information content (AvgIpc) is 3.43. The number of carbonyl (C=O) groups excluding carboxylic acids is 5. The molecule has 6 rings (SSSR count). The normalized spacial score (nSPS) is 13.1. The number of ether oxygens (including phenoxy) is 1. The van der Waals surface area contributed by atoms with E-state index in [1.165, 1.54) is 25.1 Å². The van der Waals surface area contributed by atoms with Gasteiger partial charge in [0.2, 0.25) is 5.91 Å². The smallest absolute Gasteiger partial charge is 0.341 e. The number of benzene rings is 4. The van der Waals surface area contributed by atoms with Gasteiger partial charge in [-0.2, -0.15) is 4.99 Å². The molecule has 0 radical (unpaired) electrons. The third-order valence-electron chi connectivity index (χ3n) is 9.36. The standard InChI is InChI=1S/C43H40N4O9/c1-24-19-25(2)40(35(20-24)55-26(3)48)43(4,5)23-36(49)45-27-11-13-31-33(21-27)56-34-22-28(46-42(54)44-17-8-18-47-37(50)15-16-38(47)51)12-14-32(34)39(31)29-9-6-7-10-30(29)41(52)53/h6-7,9-16,19-22H,8,17-18,23H2,1-5H3,(H,44,54)(H,45,49)(H,52,53)/b46-28+. The van der Waals surface area contributed by atoms with E-state index in [1.807, 2.05) is 33.8 Å². The number of nitrogens with zero attached hydrogens (tertiary/aromatic N) is 2. The Labute approximate surface area is 322 Å². The number of urea groups is 1. The zero-order chi connectivity index (χ0) is 40.3. The highest BCUT2D eigenvalue weighted by Gasteiger charge is 2.31. The molecule has 286 valence electrons. The average molecular weight is 757 g/mol. The maximum Gasteiger partial charge on any atom is 0.341 e. The van der Waals surface area contributed by atoms with Gasteiger partial charge in [-0.05, 0) is 73.4 Å². The fourth-order valence-corrected chi connectivity index (χ4v) is 7.17. The van der Waals surface area contributed by atoms with Crippen LogP contribution in [0.2, 0.25) is 0 Å². The Kier molecular flexibility index (Phi) is 11.0. The van der Waals surface area contributed by atoms with Crippen LogP contribution in [0.1, 0.15) is 60.7 Å². The fourth-order valence-electron chi connectivity index (χ4n) is 7.17. The van der Waals surface area contributed by atoms with Crippen molar-refractivity contribution in [1.29, 1.82) is 0 Å². The van der Waals surface area contributed by atoms with Crippen LogP contribution in [0, 0.1) is 13.8 Å². The summed E-state index contributed by atoms with van der Waals surface area (Å²) in [4.78, 5) is 79.4. The first-order valence-electron chi connectivity index (χ1n) is 17.9. The second-order valence-electron chi connectivity index (χ2n) is 14.2. The Morgan fingerprint density at radius 3 is 2.36 bits per heavy atom. The van der Waals surface area contributed by atoms with Crippen molar-refractivity contribution in [2.24, 2.45) is 4.99 Å². The summed E-state index contributed by atoms with van der Waals surface area (Å²) in [6, 6.07) is 19.7. The van der Waals surface area contributed by atoms with Crippen molar-refractivity contribution in [3.05, 3.63) is 113 Å². The predicted molar refractivity (Wildman–Crippen MR) is 208 cm³/mol. The van der Waals surface area contributed by atoms with Crippen LogP contribution in [0.15, 0.2) is 94.4 Å². The molecule has 0 saturated heterocycles. The summed E-state index contributed by atoms with van der Waals surface area (Å²) in [6.45, 7) is 9.29. The minimum Gasteiger partial charge on any atom is -0.478 e. The summed E-state index contributed by atoms with van der Waals surface area (Å²) in [5, 5.41) is 16.6. The van der Waals surface area contributed by atoms with E-state index in [9.17, 15) is 33.9 Å². The summed E-state index contributed by atoms with van der Waals surface area (Å²) in [6.07, 6.45) is 2.79. The quantitative estimate of drug-likeness (QED) is 0.0435. The topological polar surface area (TPSA) is 185 Å². The summed E-state index contributed by atoms with van der Waals surface area (Å²) in [7, 11) is 0. The predicted octanol–water partition coefficient (Wildman–Crippen LogP) is 6.68. The molecule has 2 heterocycles. The summed E-state index contributed by atoms with van der Waals surface area (Å²) >= 11 is 0. The molecule has 56 heavy (non-hydrogen) atoms. The maximum atomic E-state index is 13.6. The molecule has 3 aromatic rings. The number of aryl methyl sites for hydroxylation is 2. The van der Waals surface area contributed by atoms with Gasteiger partial charge in [0, 0.05) is 83.9 Å². The number of aromatic carboxylic acids is 1. The molecule has 13 nitrogen and oxygen atoms in total. The molecule has 0 unspecified atom stereocenters. The van der Waals surface area contributed by atoms with E-state index in [0.29, 0.717) is 51.3 Å². The lowest BCUT2D eigenvalue weighted by Gasteiger charge is -2.29. The van der Waals surface area contributed by atoms with Crippen molar-refractivity contribution in [3.63, 3.8) is 0 Å². The number of amides is 5. The Hall–Kier alpha value is -6.89. The number of anilines is 1. The molecule has 3 N–H and O–H groups in total. The van der Waals surface area contributed by atoms with Crippen LogP contribution in [0.5, 0.6) is 5.75 Å². The summed E-state index contributed by atoms with van der Waals surface area (Å²) in [5.41, 5.74) is 4.23. The van der Waals surface area contributed by atoms with Crippen LogP contribution >= 0.6 is 0 Å². The number of nitrogens with one attached hydrogen (secondary N) is 2. The second-order valence-corrected chi connectivity index (χ2v) is 14.2. The van der Waals surface area contributed by atoms with E-state index < -0.39 is 35.2 Å². The molecule has 1 aliphatic carbocycles. The lowest BCUT2D eigenvalue weighted by Crippen LogP contribution is -2.33. The first kappa shape index (κ1) is 38.8. The van der Waals surface area contributed by atoms with Crippen LogP contribution in [0.3, 0.4) is 0 Å². The van der Waals surface area contributed by atoms with Gasteiger partial charge in [-0.25, -0.2) is 9.59 Å². The summed E-state index contributed by atoms with van der Waals surface area (Å²) < 4.78 is 11.9. The fraction of sp³-hybridized carbons (Fsp3) is 0.233. The number of fused-ring (bicyclic) bond motifs is 2. The maximum absolute atomic E-state index is 13.6. The van der Waals surface area contributed by atoms with Gasteiger partial charge in [-0.1, -0.05) is 38.1 Å². The van der Waals surface area contributed by atoms with E-state index in [0.717, 1.165) is 21.6 Å². The Morgan fingerprint density at radius 1 is 0.911 bits per heavy atom. The van der Waals surface area contributed by atoms with Crippen molar-refractivity contribution in [2.75, 3.05) is 18.4 Å². The number of hydrogen-bond donors (Lipinski definition) is 3. The van der Waals surface area contributed by atoms with Crippen LogP contribution in [-0.4, -0.2) is 58.8 Å². The van der Waals surface area contributed by atoms with Crippen molar-refractivity contribution < 1.29 is 43.0 Å². The molecule has 0 spiro atoms. The van der Waals surface area contributed by atoms with E-state index in [4.69, 9.17) is 9.15 Å². The number of imide groups is 1. The van der Waals surface area contributed by atoms with E-state index in [1.54, 1.807) is 60.7 Å². The summed E-state index contributed by atoms with van der Waals surface area (Å²) in [5.74, 6) is -1.96. The molecule has 0 saturated carbocycles. The van der Waals surface area contributed by atoms with E-state index >= 15 is 0 Å². The molecule has 13 heteroatoms. The van der Waals surface area contributed by atoms with Crippen LogP contribution in [0.25, 0.3) is 33.4 Å². The SMILES string of the molecule is CC(=O)Oc1cc(C)cc(C)c1C(C)(C)CC(=O)Nc1ccc2c(-c3ccccc3C(=O)O)c3cc/c(=N\C(=O)NCCCN4C(=O)C=CC4=O)cc-3oc2c1. The van der Waals surface area contributed by atoms with Crippen molar-refractivity contribution >= 4 is 52.3 Å². The van der Waals surface area contributed by atoms with Gasteiger partial charge in [0.1, 0.15) is 17.1 Å². The molecule has 2 aliphatic heterocycles. The Morgan fingerprint density at radius 2 is 1.64 bits per heavy atom. The number of esters is 1. The van der Waals surface area contributed by atoms with Crippen molar-refractivity contribution in [2.45, 2.75) is 52.9 Å². The molecular weight excluding hydrogens is 716 g/mol. The number of carboxylic acid groups (broad SMARTS) is 1. The number of carbonyl (C=O) groups is 6. The Balaban J connectivity index is 1.32. The zero-order valence-electron chi connectivity index (χ0n) is 31.5. The van der Waals surface area contributed by atoms with Gasteiger partial charge in [-0.15, -0.1) is 0 Å². The molecule has 0 bridgehead atoms. The third kappa shape index (κ3) is 8.41. The first-order valence-corrected chi connectivity index (χ1v) is 17.9. The molecule has 3 aromatic carbocycles. The first-order chi connectivity index (χ1) is 26.6. The highest BCUT2D eigenvalue weighted by atomic mass is 16.5. The second kappa shape index (κ2) is 15.8. The van der Waals surface area contributed by atoms with E-state index in [2.05, 4.69) is 15.6 Å². The van der Waals surface area contributed by atoms with Gasteiger partial charge in [0.25, 0.3) is 11.8 Å². The molecular formula is C43H40N4O9. The van der Waals surface area contributed by atoms with Crippen LogP contribution in [0.4, 0.5) is 10.5 Å². The third-order valence-corrected chi connectivity index (χ3v) is 9.36. The molecule has 0 aromatic heterocycles. The Bertz CT molecular complexity index is 2500. The van der Waals surface area contributed by atoms with Crippen LogP contribution < -0.4 is 20.7 Å². The molecule has 5 amide bonds. The van der Waals surface area contributed by atoms with Gasteiger partial charge in [0.15, 0.2) is 0 Å². The highest BCUT2D eigenvalue weighted by Crippen LogP contribution is 2.42.